The second-order valence-corrected chi connectivity index (χ2v) is 5.66. The zero-order valence-corrected chi connectivity index (χ0v) is 12.0. The smallest absolute Gasteiger partial charge is 0.407 e. The molecule has 0 aromatic heterocycles. The second-order valence-electron chi connectivity index (χ2n) is 5.66. The van der Waals surface area contributed by atoms with E-state index in [4.69, 9.17) is 10.5 Å². The molecule has 0 saturated heterocycles. The fourth-order valence-electron chi connectivity index (χ4n) is 1.61. The van der Waals surface area contributed by atoms with Gasteiger partial charge in [-0.25, -0.2) is 4.79 Å². The standard InChI is InChI=1S/C14H22N2O4/c1-14(2,3)20-13(19)16-8-10(15)6-9-4-5-11(17)7-12(9)18/h4-5,7,10,17-18H,6,8,15H2,1-3H3,(H,16,19). The Labute approximate surface area is 118 Å². The minimum absolute atomic E-state index is 0.00768. The lowest BCUT2D eigenvalue weighted by molar-refractivity contribution is 0.0524. The van der Waals surface area contributed by atoms with Crippen molar-refractivity contribution in [2.75, 3.05) is 6.54 Å². The van der Waals surface area contributed by atoms with Gasteiger partial charge in [-0.15, -0.1) is 0 Å². The van der Waals surface area contributed by atoms with Gasteiger partial charge in [0.2, 0.25) is 0 Å². The zero-order chi connectivity index (χ0) is 15.3. The highest BCUT2D eigenvalue weighted by molar-refractivity contribution is 5.67. The highest BCUT2D eigenvalue weighted by atomic mass is 16.6. The first-order valence-electron chi connectivity index (χ1n) is 6.40. The van der Waals surface area contributed by atoms with Crippen LogP contribution in [0.15, 0.2) is 18.2 Å². The highest BCUT2D eigenvalue weighted by Crippen LogP contribution is 2.23. The summed E-state index contributed by atoms with van der Waals surface area (Å²) in [6.07, 6.45) is -0.148. The molecule has 1 aromatic rings. The summed E-state index contributed by atoms with van der Waals surface area (Å²) in [5.74, 6) is -0.0237. The van der Waals surface area contributed by atoms with Gasteiger partial charge in [0, 0.05) is 18.7 Å². The van der Waals surface area contributed by atoms with E-state index in [2.05, 4.69) is 5.32 Å². The van der Waals surface area contributed by atoms with Crippen LogP contribution in [-0.2, 0) is 11.2 Å². The van der Waals surface area contributed by atoms with Gasteiger partial charge in [0.15, 0.2) is 0 Å². The fourth-order valence-corrected chi connectivity index (χ4v) is 1.61. The van der Waals surface area contributed by atoms with Crippen LogP contribution in [0.25, 0.3) is 0 Å². The number of carbonyl (C=O) groups is 1. The third-order valence-electron chi connectivity index (χ3n) is 2.46. The van der Waals surface area contributed by atoms with Crippen molar-refractivity contribution in [3.63, 3.8) is 0 Å². The van der Waals surface area contributed by atoms with Crippen LogP contribution in [0.1, 0.15) is 26.3 Å². The van der Waals surface area contributed by atoms with Gasteiger partial charge in [0.05, 0.1) is 0 Å². The first kappa shape index (κ1) is 16.1. The zero-order valence-electron chi connectivity index (χ0n) is 12.0. The van der Waals surface area contributed by atoms with Crippen molar-refractivity contribution in [2.45, 2.75) is 38.8 Å². The van der Waals surface area contributed by atoms with Gasteiger partial charge in [-0.3, -0.25) is 0 Å². The minimum Gasteiger partial charge on any atom is -0.508 e. The Bertz CT molecular complexity index is 469. The molecule has 6 heteroatoms. The maximum Gasteiger partial charge on any atom is 0.407 e. The largest absolute Gasteiger partial charge is 0.508 e. The quantitative estimate of drug-likeness (QED) is 0.669. The van der Waals surface area contributed by atoms with Gasteiger partial charge in [-0.2, -0.15) is 0 Å². The summed E-state index contributed by atoms with van der Waals surface area (Å²) < 4.78 is 5.09. The average Bonchev–Trinajstić information content (AvgIpc) is 2.28. The van der Waals surface area contributed by atoms with Crippen LogP contribution < -0.4 is 11.1 Å². The van der Waals surface area contributed by atoms with E-state index in [0.29, 0.717) is 12.0 Å². The minimum atomic E-state index is -0.552. The van der Waals surface area contributed by atoms with Gasteiger partial charge in [0.25, 0.3) is 0 Å². The number of hydrogen-bond acceptors (Lipinski definition) is 5. The summed E-state index contributed by atoms with van der Waals surface area (Å²) in [6, 6.07) is 3.96. The highest BCUT2D eigenvalue weighted by Gasteiger charge is 2.17. The summed E-state index contributed by atoms with van der Waals surface area (Å²) in [5, 5.41) is 21.4. The number of alkyl carbamates (subject to hydrolysis) is 1. The van der Waals surface area contributed by atoms with E-state index < -0.39 is 11.7 Å². The number of hydrogen-bond donors (Lipinski definition) is 4. The summed E-state index contributed by atoms with van der Waals surface area (Å²) in [4.78, 5) is 11.5. The van der Waals surface area contributed by atoms with Crippen molar-refractivity contribution >= 4 is 6.09 Å². The first-order chi connectivity index (χ1) is 9.17. The SMILES string of the molecule is CC(C)(C)OC(=O)NCC(N)Cc1ccc(O)cc1O. The van der Waals surface area contributed by atoms with Crippen molar-refractivity contribution in [2.24, 2.45) is 5.73 Å². The molecule has 6 nitrogen and oxygen atoms in total. The van der Waals surface area contributed by atoms with E-state index in [-0.39, 0.29) is 24.1 Å². The first-order valence-corrected chi connectivity index (χ1v) is 6.40. The lowest BCUT2D eigenvalue weighted by atomic mass is 10.1. The van der Waals surface area contributed by atoms with Crippen LogP contribution in [0.2, 0.25) is 0 Å². The molecule has 0 spiro atoms. The van der Waals surface area contributed by atoms with Crippen LogP contribution in [0.4, 0.5) is 4.79 Å². The summed E-state index contributed by atoms with van der Waals surface area (Å²) >= 11 is 0. The molecule has 1 aromatic carbocycles. The molecular formula is C14H22N2O4. The van der Waals surface area contributed by atoms with Crippen molar-refractivity contribution < 1.29 is 19.7 Å². The molecule has 1 atom stereocenters. The average molecular weight is 282 g/mol. The Balaban J connectivity index is 2.44. The molecule has 1 amide bonds. The van der Waals surface area contributed by atoms with Crippen LogP contribution >= 0.6 is 0 Å². The number of nitrogens with two attached hydrogens (primary N) is 1. The lowest BCUT2D eigenvalue weighted by Gasteiger charge is -2.21. The van der Waals surface area contributed by atoms with E-state index in [0.717, 1.165) is 0 Å². The van der Waals surface area contributed by atoms with Crippen molar-refractivity contribution in [3.8, 4) is 11.5 Å². The molecule has 0 aliphatic heterocycles. The molecule has 112 valence electrons. The molecule has 0 aliphatic carbocycles. The van der Waals surface area contributed by atoms with E-state index in [1.807, 2.05) is 0 Å². The summed E-state index contributed by atoms with van der Waals surface area (Å²) in [5.41, 5.74) is 5.94. The van der Waals surface area contributed by atoms with Gasteiger partial charge in [-0.1, -0.05) is 6.07 Å². The number of phenols is 2. The Hall–Kier alpha value is -1.95. The molecular weight excluding hydrogens is 260 g/mol. The molecule has 0 fully saturated rings. The third-order valence-corrected chi connectivity index (χ3v) is 2.46. The molecule has 5 N–H and O–H groups in total. The van der Waals surface area contributed by atoms with E-state index in [1.165, 1.54) is 12.1 Å². The van der Waals surface area contributed by atoms with Crippen molar-refractivity contribution in [1.82, 2.24) is 5.32 Å². The van der Waals surface area contributed by atoms with Gasteiger partial charge in [0.1, 0.15) is 17.1 Å². The van der Waals surface area contributed by atoms with Crippen LogP contribution in [-0.4, -0.2) is 34.5 Å². The van der Waals surface area contributed by atoms with Crippen LogP contribution in [0.5, 0.6) is 11.5 Å². The predicted octanol–water partition coefficient (Wildman–Crippen LogP) is 1.49. The van der Waals surface area contributed by atoms with Gasteiger partial charge < -0.3 is 26.0 Å². The fraction of sp³-hybridized carbons (Fsp3) is 0.500. The Kier molecular flexibility index (Phi) is 5.21. The Morgan fingerprint density at radius 1 is 1.40 bits per heavy atom. The molecule has 1 rings (SSSR count). The number of rotatable bonds is 4. The van der Waals surface area contributed by atoms with Crippen molar-refractivity contribution in [1.29, 1.82) is 0 Å². The molecule has 0 radical (unpaired) electrons. The number of nitrogens with one attached hydrogen (secondary N) is 1. The Morgan fingerprint density at radius 2 is 2.05 bits per heavy atom. The topological polar surface area (TPSA) is 105 Å². The second kappa shape index (κ2) is 6.47. The monoisotopic (exact) mass is 282 g/mol. The molecule has 20 heavy (non-hydrogen) atoms. The van der Waals surface area contributed by atoms with Gasteiger partial charge >= 0.3 is 6.09 Å². The maximum atomic E-state index is 11.5. The number of aromatic hydroxyl groups is 2. The number of ether oxygens (including phenoxy) is 1. The number of phenolic OH excluding ortho intramolecular Hbond substituents is 2. The molecule has 1 unspecified atom stereocenters. The summed E-state index contributed by atoms with van der Waals surface area (Å²) in [7, 11) is 0. The van der Waals surface area contributed by atoms with E-state index in [9.17, 15) is 15.0 Å². The molecule has 0 heterocycles. The van der Waals surface area contributed by atoms with E-state index >= 15 is 0 Å². The Morgan fingerprint density at radius 3 is 2.60 bits per heavy atom. The van der Waals surface area contributed by atoms with Crippen molar-refractivity contribution in [3.05, 3.63) is 23.8 Å². The van der Waals surface area contributed by atoms with Gasteiger partial charge in [-0.05, 0) is 38.8 Å². The lowest BCUT2D eigenvalue weighted by Crippen LogP contribution is -2.41. The normalized spacial score (nSPS) is 12.8. The third kappa shape index (κ3) is 5.79. The molecule has 0 saturated carbocycles. The number of carbonyl (C=O) groups excluding carboxylic acids is 1. The van der Waals surface area contributed by atoms with Crippen LogP contribution in [0, 0.1) is 0 Å². The van der Waals surface area contributed by atoms with E-state index in [1.54, 1.807) is 26.8 Å². The molecule has 0 aliphatic rings. The number of amides is 1. The van der Waals surface area contributed by atoms with Crippen LogP contribution in [0.3, 0.4) is 0 Å². The summed E-state index contributed by atoms with van der Waals surface area (Å²) in [6.45, 7) is 5.57. The molecule has 0 bridgehead atoms. The predicted molar refractivity (Wildman–Crippen MR) is 75.7 cm³/mol. The maximum absolute atomic E-state index is 11.5. The number of benzene rings is 1.